The zero-order valence-electron chi connectivity index (χ0n) is 19.6. The number of aryl methyl sites for hydroxylation is 1. The van der Waals surface area contributed by atoms with Crippen LogP contribution >= 0.6 is 0 Å². The molecular weight excluding hydrogens is 438 g/mol. The van der Waals surface area contributed by atoms with E-state index in [4.69, 9.17) is 4.74 Å². The average Bonchev–Trinajstić information content (AvgIpc) is 2.80. The molecule has 3 rings (SSSR count). The molecule has 1 unspecified atom stereocenters. The van der Waals surface area contributed by atoms with Crippen LogP contribution in [0.3, 0.4) is 0 Å². The molecule has 10 nitrogen and oxygen atoms in total. The fraction of sp³-hybridized carbons (Fsp3) is 0.375. The van der Waals surface area contributed by atoms with Crippen LogP contribution in [0.15, 0.2) is 53.7 Å². The smallest absolute Gasteiger partial charge is 0.331 e. The Labute approximate surface area is 198 Å². The Balaban J connectivity index is 1.83. The van der Waals surface area contributed by atoms with Crippen LogP contribution < -0.4 is 15.4 Å². The Morgan fingerprint density at radius 1 is 1.09 bits per heavy atom. The van der Waals surface area contributed by atoms with Crippen molar-refractivity contribution < 1.29 is 19.1 Å². The minimum Gasteiger partial charge on any atom is -0.491 e. The number of imide groups is 1. The molecule has 2 aromatic carbocycles. The van der Waals surface area contributed by atoms with Gasteiger partial charge < -0.3 is 10.1 Å². The Morgan fingerprint density at radius 2 is 1.74 bits per heavy atom. The number of hydrogen-bond acceptors (Lipinski definition) is 6. The van der Waals surface area contributed by atoms with E-state index in [0.29, 0.717) is 11.4 Å². The molecule has 1 aliphatic rings. The van der Waals surface area contributed by atoms with E-state index in [0.717, 1.165) is 16.0 Å². The summed E-state index contributed by atoms with van der Waals surface area (Å²) in [5.74, 6) is -1.13. The van der Waals surface area contributed by atoms with E-state index in [9.17, 15) is 19.3 Å². The van der Waals surface area contributed by atoms with Crippen molar-refractivity contribution in [2.75, 3.05) is 11.9 Å². The van der Waals surface area contributed by atoms with Crippen LogP contribution in [0, 0.1) is 17.7 Å². The fourth-order valence-corrected chi connectivity index (χ4v) is 3.45. The first kappa shape index (κ1) is 24.7. The molecule has 2 N–H and O–H groups in total. The second-order valence-electron chi connectivity index (χ2n) is 8.52. The summed E-state index contributed by atoms with van der Waals surface area (Å²) >= 11 is 0. The molecule has 0 aromatic heterocycles. The van der Waals surface area contributed by atoms with Gasteiger partial charge in [-0.25, -0.2) is 14.5 Å². The average molecular weight is 468 g/mol. The topological polar surface area (TPSA) is 120 Å². The lowest BCUT2D eigenvalue weighted by molar-refractivity contribution is -0.121. The fourth-order valence-electron chi connectivity index (χ4n) is 3.45. The number of carbonyl (C=O) groups excluding carboxylic acids is 3. The normalized spacial score (nSPS) is 16.8. The third-order valence-electron chi connectivity index (χ3n) is 5.26. The number of nitrogens with zero attached hydrogens (tertiary/aromatic N) is 3. The number of benzene rings is 2. The first-order chi connectivity index (χ1) is 16.2. The van der Waals surface area contributed by atoms with Crippen LogP contribution in [-0.4, -0.2) is 46.7 Å². The van der Waals surface area contributed by atoms with Crippen LogP contribution in [0.5, 0.6) is 5.75 Å². The van der Waals surface area contributed by atoms with Crippen LogP contribution in [-0.2, 0) is 11.3 Å². The Morgan fingerprint density at radius 3 is 2.32 bits per heavy atom. The molecule has 1 fully saturated rings. The van der Waals surface area contributed by atoms with E-state index in [1.54, 1.807) is 24.3 Å². The van der Waals surface area contributed by atoms with Gasteiger partial charge in [0.05, 0.1) is 18.6 Å². The maximum atomic E-state index is 13.3. The Bertz CT molecular complexity index is 1040. The molecule has 1 saturated heterocycles. The van der Waals surface area contributed by atoms with E-state index >= 15 is 0 Å². The molecule has 2 atom stereocenters. The summed E-state index contributed by atoms with van der Waals surface area (Å²) in [5, 5.41) is 8.33. The Hall–Kier alpha value is -3.95. The molecule has 34 heavy (non-hydrogen) atoms. The zero-order valence-corrected chi connectivity index (χ0v) is 19.6. The number of carbonyl (C=O) groups is 3. The highest BCUT2D eigenvalue weighted by Gasteiger charge is 2.39. The van der Waals surface area contributed by atoms with Crippen molar-refractivity contribution in [3.8, 4) is 5.75 Å². The summed E-state index contributed by atoms with van der Waals surface area (Å²) in [7, 11) is 0. The second kappa shape index (κ2) is 10.8. The molecule has 5 amide bonds. The lowest BCUT2D eigenvalue weighted by atomic mass is 10.1. The highest BCUT2D eigenvalue weighted by molar-refractivity contribution is 5.97. The Kier molecular flexibility index (Phi) is 7.83. The number of ether oxygens (including phenoxy) is 1. The van der Waals surface area contributed by atoms with E-state index in [2.05, 4.69) is 15.8 Å². The summed E-state index contributed by atoms with van der Waals surface area (Å²) in [6.07, 6.45) is -0.807. The minimum atomic E-state index is -0.922. The van der Waals surface area contributed by atoms with E-state index in [1.807, 2.05) is 45.0 Å². The second-order valence-corrected chi connectivity index (χ2v) is 8.52. The summed E-state index contributed by atoms with van der Waals surface area (Å²) in [5.41, 5.74) is 2.61. The molecule has 10 heteroatoms. The number of rotatable bonds is 9. The highest BCUT2D eigenvalue weighted by Crippen LogP contribution is 2.22. The van der Waals surface area contributed by atoms with Gasteiger partial charge in [-0.1, -0.05) is 36.8 Å². The monoisotopic (exact) mass is 467 g/mol. The first-order valence-electron chi connectivity index (χ1n) is 11.0. The van der Waals surface area contributed by atoms with Crippen molar-refractivity contribution in [3.05, 3.63) is 64.6 Å². The maximum absolute atomic E-state index is 13.3. The summed E-state index contributed by atoms with van der Waals surface area (Å²) < 4.78 is 5.66. The number of amides is 5. The van der Waals surface area contributed by atoms with Gasteiger partial charge in [0.1, 0.15) is 5.75 Å². The lowest BCUT2D eigenvalue weighted by Crippen LogP contribution is -2.67. The molecule has 0 aliphatic carbocycles. The van der Waals surface area contributed by atoms with Crippen LogP contribution in [0.4, 0.5) is 15.3 Å². The third kappa shape index (κ3) is 6.09. The number of nitroso groups, excluding NO2 is 1. The van der Waals surface area contributed by atoms with Crippen LogP contribution in [0.25, 0.3) is 0 Å². The van der Waals surface area contributed by atoms with Gasteiger partial charge in [0, 0.05) is 17.4 Å². The largest absolute Gasteiger partial charge is 0.491 e. The van der Waals surface area contributed by atoms with Crippen molar-refractivity contribution in [1.82, 2.24) is 15.1 Å². The van der Waals surface area contributed by atoms with Crippen molar-refractivity contribution in [2.24, 2.45) is 11.1 Å². The predicted molar refractivity (Wildman–Crippen MR) is 127 cm³/mol. The van der Waals surface area contributed by atoms with E-state index in [1.165, 1.54) is 11.8 Å². The molecular formula is C24H29N5O5. The summed E-state index contributed by atoms with van der Waals surface area (Å²) in [6, 6.07) is 13.6. The van der Waals surface area contributed by atoms with Gasteiger partial charge in [-0.3, -0.25) is 15.0 Å². The first-order valence-corrected chi connectivity index (χ1v) is 11.0. The van der Waals surface area contributed by atoms with Gasteiger partial charge in [0.2, 0.25) is 0 Å². The zero-order chi connectivity index (χ0) is 24.8. The number of nitrogens with one attached hydrogen (secondary N) is 2. The van der Waals surface area contributed by atoms with Crippen LogP contribution in [0.2, 0.25) is 0 Å². The molecule has 0 spiro atoms. The van der Waals surface area contributed by atoms with Crippen molar-refractivity contribution in [1.29, 1.82) is 0 Å². The molecule has 0 bridgehead atoms. The third-order valence-corrected chi connectivity index (χ3v) is 5.26. The van der Waals surface area contributed by atoms with E-state index < -0.39 is 30.2 Å². The van der Waals surface area contributed by atoms with E-state index in [-0.39, 0.29) is 19.2 Å². The molecule has 1 heterocycles. The SMILES string of the molecule is Cc1ccc(CN2C(=O)N(C[C@H](C)C(=O)N=O)C(=O)NC2Nc2ccc(OC(C)C)cc2)cc1. The van der Waals surface area contributed by atoms with Crippen molar-refractivity contribution in [2.45, 2.75) is 46.6 Å². The highest BCUT2D eigenvalue weighted by atomic mass is 16.5. The molecule has 180 valence electrons. The summed E-state index contributed by atoms with van der Waals surface area (Å²) in [4.78, 5) is 50.7. The van der Waals surface area contributed by atoms with Gasteiger partial charge in [0.25, 0.3) is 5.91 Å². The van der Waals surface area contributed by atoms with Crippen molar-refractivity contribution in [3.63, 3.8) is 0 Å². The van der Waals surface area contributed by atoms with Gasteiger partial charge >= 0.3 is 12.1 Å². The quantitative estimate of drug-likeness (QED) is 0.537. The molecule has 1 aliphatic heterocycles. The molecule has 0 radical (unpaired) electrons. The number of urea groups is 2. The van der Waals surface area contributed by atoms with Gasteiger partial charge in [-0.05, 0) is 50.6 Å². The standard InChI is InChI=1S/C24H29N5O5/c1-15(2)34-20-11-9-19(10-12-20)25-22-26-23(31)29(13-17(4)21(30)27-33)24(32)28(22)14-18-7-5-16(3)6-8-18/h5-12,15,17,22,25H,13-14H2,1-4H3,(H,26,31)/t17-,22?/m0/s1. The predicted octanol–water partition coefficient (Wildman–Crippen LogP) is 4.05. The number of anilines is 1. The number of hydrogen-bond donors (Lipinski definition) is 2. The maximum Gasteiger partial charge on any atom is 0.331 e. The lowest BCUT2D eigenvalue weighted by Gasteiger charge is -2.41. The molecule has 2 aromatic rings. The van der Waals surface area contributed by atoms with Gasteiger partial charge in [0.15, 0.2) is 6.29 Å². The summed E-state index contributed by atoms with van der Waals surface area (Å²) in [6.45, 7) is 7.23. The minimum absolute atomic E-state index is 0.0359. The van der Waals surface area contributed by atoms with Gasteiger partial charge in [-0.15, -0.1) is 4.91 Å². The van der Waals surface area contributed by atoms with Gasteiger partial charge in [-0.2, -0.15) is 0 Å². The van der Waals surface area contributed by atoms with Crippen LogP contribution in [0.1, 0.15) is 31.9 Å². The molecule has 0 saturated carbocycles. The van der Waals surface area contributed by atoms with Crippen molar-refractivity contribution >= 4 is 23.7 Å².